The van der Waals surface area contributed by atoms with Crippen LogP contribution in [-0.4, -0.2) is 18.0 Å². The van der Waals surface area contributed by atoms with Crippen LogP contribution in [0.5, 0.6) is 0 Å². The first kappa shape index (κ1) is 31.6. The molecule has 2 heteroatoms. The van der Waals surface area contributed by atoms with E-state index in [1.54, 1.807) is 11.1 Å². The maximum Gasteiger partial charge on any atom is 0.0868 e. The summed E-state index contributed by atoms with van der Waals surface area (Å²) in [6, 6.07) is 36.9. The molecule has 4 aromatic rings. The number of likely N-dealkylation sites (N-methyl/N-ethyl adjacent to an activating group) is 1. The van der Waals surface area contributed by atoms with E-state index in [4.69, 9.17) is 0 Å². The van der Waals surface area contributed by atoms with Gasteiger partial charge in [0.15, 0.2) is 0 Å². The summed E-state index contributed by atoms with van der Waals surface area (Å²) in [4.78, 5) is 2.51. The van der Waals surface area contributed by atoms with Gasteiger partial charge >= 0.3 is 0 Å². The van der Waals surface area contributed by atoms with Crippen LogP contribution in [0.15, 0.2) is 126 Å². The van der Waals surface area contributed by atoms with Gasteiger partial charge in [-0.15, -0.1) is 0 Å². The molecule has 3 atom stereocenters. The summed E-state index contributed by atoms with van der Waals surface area (Å²) in [5, 5.41) is 4.01. The molecule has 3 unspecified atom stereocenters. The molecule has 0 spiro atoms. The molecule has 7 rings (SSSR count). The molecule has 1 N–H and O–H groups in total. The van der Waals surface area contributed by atoms with Gasteiger partial charge in [0.1, 0.15) is 0 Å². The molecule has 47 heavy (non-hydrogen) atoms. The van der Waals surface area contributed by atoms with Crippen LogP contribution in [0.3, 0.4) is 0 Å². The Labute approximate surface area is 282 Å². The molecule has 4 aromatic carbocycles. The number of nitrogens with one attached hydrogen (secondary N) is 1. The van der Waals surface area contributed by atoms with Crippen LogP contribution in [0.25, 0.3) is 27.8 Å². The van der Waals surface area contributed by atoms with Gasteiger partial charge in [0.25, 0.3) is 0 Å². The largest absolute Gasteiger partial charge is 0.291 e. The van der Waals surface area contributed by atoms with Crippen LogP contribution in [0, 0.1) is 0 Å². The molecule has 0 heterocycles. The maximum atomic E-state index is 4.01. The predicted molar refractivity (Wildman–Crippen MR) is 200 cm³/mol. The molecule has 0 aliphatic heterocycles. The van der Waals surface area contributed by atoms with E-state index in [0.29, 0.717) is 6.04 Å². The van der Waals surface area contributed by atoms with Crippen LogP contribution in [0.1, 0.15) is 101 Å². The van der Waals surface area contributed by atoms with E-state index in [0.717, 1.165) is 12.8 Å². The normalized spacial score (nSPS) is 18.8. The van der Waals surface area contributed by atoms with E-state index in [9.17, 15) is 0 Å². The topological polar surface area (TPSA) is 15.3 Å². The van der Waals surface area contributed by atoms with Crippen molar-refractivity contribution in [1.29, 1.82) is 0 Å². The lowest BCUT2D eigenvalue weighted by atomic mass is 9.77. The van der Waals surface area contributed by atoms with Gasteiger partial charge in [-0.05, 0) is 128 Å². The fourth-order valence-electron chi connectivity index (χ4n) is 8.30. The summed E-state index contributed by atoms with van der Waals surface area (Å²) >= 11 is 0. The molecule has 3 aliphatic rings. The van der Waals surface area contributed by atoms with E-state index in [2.05, 4.69) is 160 Å². The van der Waals surface area contributed by atoms with Gasteiger partial charge in [-0.2, -0.15) is 0 Å². The van der Waals surface area contributed by atoms with Gasteiger partial charge in [0, 0.05) is 17.5 Å². The number of benzene rings is 4. The fourth-order valence-corrected chi connectivity index (χ4v) is 8.30. The van der Waals surface area contributed by atoms with Crippen LogP contribution < -0.4 is 5.32 Å². The van der Waals surface area contributed by atoms with Gasteiger partial charge in [-0.1, -0.05) is 122 Å². The molecule has 0 aromatic heterocycles. The first-order chi connectivity index (χ1) is 22.8. The lowest BCUT2D eigenvalue weighted by Crippen LogP contribution is -2.42. The molecule has 3 aliphatic carbocycles. The zero-order valence-electron chi connectivity index (χ0n) is 28.9. The Morgan fingerprint density at radius 1 is 0.702 bits per heavy atom. The smallest absolute Gasteiger partial charge is 0.0868 e. The maximum absolute atomic E-state index is 4.01. The molecular formula is C45H50N2. The molecule has 0 amide bonds. The van der Waals surface area contributed by atoms with Crippen molar-refractivity contribution in [2.75, 3.05) is 7.05 Å². The standard InChI is InChI=1S/C45H50N2/c1-31(33-16-8-6-9-17-33)46-44(47(5)32(2)34-18-10-7-11-19-34)39-23-15-22-37(29-39)35-20-14-21-36(28-35)38-26-27-41-40-24-12-13-25-42(40)45(3,4)43(41)30-38/h6-10,14-18,20-23,26-32,44,46H,11-13,19,24-25H2,1-5H3. The average Bonchev–Trinajstić information content (AvgIpc) is 3.36. The highest BCUT2D eigenvalue weighted by atomic mass is 15.3. The number of allylic oxidation sites excluding steroid dienone is 5. The molecule has 240 valence electrons. The molecule has 0 radical (unpaired) electrons. The first-order valence-corrected chi connectivity index (χ1v) is 17.8. The molecule has 0 saturated heterocycles. The highest BCUT2D eigenvalue weighted by Gasteiger charge is 2.38. The summed E-state index contributed by atoms with van der Waals surface area (Å²) in [6.07, 6.45) is 14.2. The van der Waals surface area contributed by atoms with Crippen molar-refractivity contribution >= 4 is 5.57 Å². The third-order valence-electron chi connectivity index (χ3n) is 11.3. The van der Waals surface area contributed by atoms with Gasteiger partial charge in [0.2, 0.25) is 0 Å². The third kappa shape index (κ3) is 6.22. The average molecular weight is 619 g/mol. The zero-order valence-corrected chi connectivity index (χ0v) is 28.9. The highest BCUT2D eigenvalue weighted by Crippen LogP contribution is 2.52. The van der Waals surface area contributed by atoms with Gasteiger partial charge in [-0.25, -0.2) is 0 Å². The monoisotopic (exact) mass is 618 g/mol. The predicted octanol–water partition coefficient (Wildman–Crippen LogP) is 11.6. The molecule has 2 nitrogen and oxygen atoms in total. The Morgan fingerprint density at radius 2 is 1.38 bits per heavy atom. The number of hydrogen-bond acceptors (Lipinski definition) is 2. The Morgan fingerprint density at radius 3 is 2.13 bits per heavy atom. The van der Waals surface area contributed by atoms with Crippen molar-refractivity contribution in [3.05, 3.63) is 149 Å². The van der Waals surface area contributed by atoms with Crippen LogP contribution in [0.2, 0.25) is 0 Å². The Hall–Kier alpha value is -3.98. The first-order valence-electron chi connectivity index (χ1n) is 17.8. The zero-order chi connectivity index (χ0) is 32.5. The number of nitrogens with zero attached hydrogens (tertiary/aromatic N) is 1. The summed E-state index contributed by atoms with van der Waals surface area (Å²) in [6.45, 7) is 9.51. The fraction of sp³-hybridized carbons (Fsp3) is 0.333. The molecule has 0 fully saturated rings. The van der Waals surface area contributed by atoms with E-state index in [-0.39, 0.29) is 17.6 Å². The van der Waals surface area contributed by atoms with Crippen molar-refractivity contribution < 1.29 is 0 Å². The SMILES string of the molecule is CC(NC(c1cccc(-c2cccc(-c3ccc4c(c3)C(C)(C)C3=C4CCCC3)c2)c1)N(C)C(C)C1=CC=CCC1)c1ccccc1. The molecular weight excluding hydrogens is 569 g/mol. The highest BCUT2D eigenvalue weighted by molar-refractivity contribution is 5.83. The van der Waals surface area contributed by atoms with Gasteiger partial charge in [-0.3, -0.25) is 10.2 Å². The van der Waals surface area contributed by atoms with E-state index in [1.165, 1.54) is 75.8 Å². The lowest BCUT2D eigenvalue weighted by Gasteiger charge is -2.37. The van der Waals surface area contributed by atoms with Crippen molar-refractivity contribution in [2.45, 2.75) is 89.9 Å². The van der Waals surface area contributed by atoms with Gasteiger partial charge in [0.05, 0.1) is 6.17 Å². The third-order valence-corrected chi connectivity index (χ3v) is 11.3. The van der Waals surface area contributed by atoms with Crippen molar-refractivity contribution in [3.8, 4) is 22.3 Å². The molecule has 0 bridgehead atoms. The van der Waals surface area contributed by atoms with Crippen LogP contribution in [-0.2, 0) is 5.41 Å². The van der Waals surface area contributed by atoms with E-state index >= 15 is 0 Å². The quantitative estimate of drug-likeness (QED) is 0.188. The number of rotatable bonds is 9. The minimum absolute atomic E-state index is 0.0487. The summed E-state index contributed by atoms with van der Waals surface area (Å²) in [5.41, 5.74) is 15.6. The van der Waals surface area contributed by atoms with E-state index in [1.807, 2.05) is 0 Å². The minimum Gasteiger partial charge on any atom is -0.291 e. The Kier molecular flexibility index (Phi) is 8.92. The second kappa shape index (κ2) is 13.3. The molecule has 0 saturated carbocycles. The van der Waals surface area contributed by atoms with Gasteiger partial charge < -0.3 is 0 Å². The lowest BCUT2D eigenvalue weighted by molar-refractivity contribution is 0.159. The van der Waals surface area contributed by atoms with Crippen molar-refractivity contribution in [3.63, 3.8) is 0 Å². The summed E-state index contributed by atoms with van der Waals surface area (Å²) < 4.78 is 0. The summed E-state index contributed by atoms with van der Waals surface area (Å²) in [5.74, 6) is 0. The minimum atomic E-state index is 0.0487. The Bertz CT molecular complexity index is 1840. The Balaban J connectivity index is 1.21. The van der Waals surface area contributed by atoms with E-state index < -0.39 is 0 Å². The van der Waals surface area contributed by atoms with Crippen molar-refractivity contribution in [2.24, 2.45) is 0 Å². The second-order valence-corrected chi connectivity index (χ2v) is 14.5. The number of hydrogen-bond donors (Lipinski definition) is 1. The van der Waals surface area contributed by atoms with Crippen molar-refractivity contribution in [1.82, 2.24) is 10.2 Å². The van der Waals surface area contributed by atoms with Crippen LogP contribution in [0.4, 0.5) is 0 Å². The summed E-state index contributed by atoms with van der Waals surface area (Å²) in [7, 11) is 2.27. The van der Waals surface area contributed by atoms with Crippen LogP contribution >= 0.6 is 0 Å². The second-order valence-electron chi connectivity index (χ2n) is 14.5. The number of fused-ring (bicyclic) bond motifs is 2.